The number of benzene rings is 1. The molecule has 3 heteroatoms. The fourth-order valence-corrected chi connectivity index (χ4v) is 4.41. The summed E-state index contributed by atoms with van der Waals surface area (Å²) >= 11 is 5.15. The average molecular weight is 323 g/mol. The molecule has 0 radical (unpaired) electrons. The van der Waals surface area contributed by atoms with Gasteiger partial charge in [-0.15, -0.1) is 11.3 Å². The Hall–Kier alpha value is -0.640. The minimum atomic E-state index is -0.340. The maximum atomic E-state index is 10.5. The summed E-state index contributed by atoms with van der Waals surface area (Å²) in [4.78, 5) is 1.07. The molecule has 1 aliphatic carbocycles. The first-order chi connectivity index (χ1) is 8.75. The molecule has 2 unspecified atom stereocenters. The largest absolute Gasteiger partial charge is 0.387 e. The van der Waals surface area contributed by atoms with E-state index in [1.54, 1.807) is 11.3 Å². The van der Waals surface area contributed by atoms with Crippen LogP contribution in [0.2, 0.25) is 0 Å². The van der Waals surface area contributed by atoms with Crippen LogP contribution in [-0.4, -0.2) is 5.11 Å². The summed E-state index contributed by atoms with van der Waals surface area (Å²) in [7, 11) is 0. The van der Waals surface area contributed by atoms with Crippen LogP contribution in [0.15, 0.2) is 40.2 Å². The van der Waals surface area contributed by atoms with Crippen molar-refractivity contribution in [3.63, 3.8) is 0 Å². The predicted octanol–water partition coefficient (Wildman–Crippen LogP) is 4.35. The first-order valence-electron chi connectivity index (χ1n) is 6.23. The number of aliphatic hydroxyl groups excluding tert-OH is 1. The molecule has 0 saturated heterocycles. The van der Waals surface area contributed by atoms with Gasteiger partial charge in [0.25, 0.3) is 0 Å². The van der Waals surface area contributed by atoms with Gasteiger partial charge in [0.15, 0.2) is 0 Å². The average Bonchev–Trinajstić information content (AvgIpc) is 2.83. The highest BCUT2D eigenvalue weighted by atomic mass is 79.9. The van der Waals surface area contributed by atoms with Gasteiger partial charge in [-0.1, -0.05) is 24.3 Å². The van der Waals surface area contributed by atoms with Gasteiger partial charge >= 0.3 is 0 Å². The maximum Gasteiger partial charge on any atom is 0.0924 e. The minimum absolute atomic E-state index is 0.340. The van der Waals surface area contributed by atoms with Crippen molar-refractivity contribution in [2.45, 2.75) is 25.4 Å². The second kappa shape index (κ2) is 5.16. The minimum Gasteiger partial charge on any atom is -0.387 e. The van der Waals surface area contributed by atoms with Gasteiger partial charge in [0.05, 0.1) is 6.10 Å². The molecule has 18 heavy (non-hydrogen) atoms. The third-order valence-electron chi connectivity index (χ3n) is 3.74. The van der Waals surface area contributed by atoms with Crippen molar-refractivity contribution in [1.82, 2.24) is 0 Å². The molecule has 1 aliphatic rings. The van der Waals surface area contributed by atoms with Crippen molar-refractivity contribution >= 4 is 27.3 Å². The smallest absolute Gasteiger partial charge is 0.0924 e. The Kier molecular flexibility index (Phi) is 3.55. The van der Waals surface area contributed by atoms with Crippen molar-refractivity contribution in [2.24, 2.45) is 5.92 Å². The fourth-order valence-electron chi connectivity index (χ4n) is 2.73. The normalized spacial score (nSPS) is 20.4. The summed E-state index contributed by atoms with van der Waals surface area (Å²) in [6.07, 6.45) is 2.80. The third-order valence-corrected chi connectivity index (χ3v) is 5.69. The summed E-state index contributed by atoms with van der Waals surface area (Å²) in [5.74, 6) is 0.342. The van der Waals surface area contributed by atoms with Crippen LogP contribution in [0.1, 0.15) is 28.5 Å². The monoisotopic (exact) mass is 322 g/mol. The lowest BCUT2D eigenvalue weighted by atomic mass is 9.81. The second-order valence-corrected chi connectivity index (χ2v) is 6.65. The lowest BCUT2D eigenvalue weighted by Gasteiger charge is -2.28. The van der Waals surface area contributed by atoms with E-state index >= 15 is 0 Å². The third kappa shape index (κ3) is 2.27. The zero-order valence-electron chi connectivity index (χ0n) is 9.97. The Bertz CT molecular complexity index is 549. The van der Waals surface area contributed by atoms with Gasteiger partial charge < -0.3 is 5.11 Å². The first kappa shape index (κ1) is 12.4. The molecule has 0 saturated carbocycles. The van der Waals surface area contributed by atoms with Crippen LogP contribution >= 0.6 is 27.3 Å². The molecule has 1 N–H and O–H groups in total. The number of hydrogen-bond donors (Lipinski definition) is 1. The summed E-state index contributed by atoms with van der Waals surface area (Å²) in [5.41, 5.74) is 2.85. The number of halogens is 1. The molecular weight excluding hydrogens is 308 g/mol. The van der Waals surface area contributed by atoms with Crippen LogP contribution < -0.4 is 0 Å². The van der Waals surface area contributed by atoms with Crippen molar-refractivity contribution in [1.29, 1.82) is 0 Å². The molecular formula is C15H15BrOS. The number of hydrogen-bond acceptors (Lipinski definition) is 2. The van der Waals surface area contributed by atoms with E-state index in [1.807, 2.05) is 11.4 Å². The summed E-state index contributed by atoms with van der Waals surface area (Å²) < 4.78 is 1.04. The molecule has 0 amide bonds. The number of aliphatic hydroxyl groups is 1. The van der Waals surface area contributed by atoms with Crippen molar-refractivity contribution in [2.75, 3.05) is 0 Å². The zero-order chi connectivity index (χ0) is 12.5. The van der Waals surface area contributed by atoms with E-state index in [-0.39, 0.29) is 6.10 Å². The molecule has 0 fully saturated rings. The van der Waals surface area contributed by atoms with E-state index in [4.69, 9.17) is 0 Å². The fraction of sp³-hybridized carbons (Fsp3) is 0.333. The van der Waals surface area contributed by atoms with Gasteiger partial charge in [0.2, 0.25) is 0 Å². The van der Waals surface area contributed by atoms with Gasteiger partial charge in [-0.05, 0) is 63.7 Å². The van der Waals surface area contributed by atoms with E-state index in [0.717, 1.165) is 28.6 Å². The molecule has 2 atom stereocenters. The zero-order valence-corrected chi connectivity index (χ0v) is 12.4. The topological polar surface area (TPSA) is 20.2 Å². The molecule has 1 heterocycles. The van der Waals surface area contributed by atoms with Gasteiger partial charge in [-0.3, -0.25) is 0 Å². The Morgan fingerprint density at radius 3 is 2.72 bits per heavy atom. The Labute approximate surface area is 120 Å². The molecule has 2 aromatic rings. The standard InChI is InChI=1S/C15H15BrOS/c16-13-7-8-18-15(13)14(17)12-6-5-10-3-1-2-4-11(10)9-12/h1-4,7-8,12,14,17H,5-6,9H2. The van der Waals surface area contributed by atoms with Crippen molar-refractivity contribution < 1.29 is 5.11 Å². The molecule has 0 spiro atoms. The number of fused-ring (bicyclic) bond motifs is 1. The predicted molar refractivity (Wildman–Crippen MR) is 78.9 cm³/mol. The molecule has 1 aromatic carbocycles. The Morgan fingerprint density at radius 2 is 2.00 bits per heavy atom. The second-order valence-electron chi connectivity index (χ2n) is 4.85. The molecule has 94 valence electrons. The van der Waals surface area contributed by atoms with Crippen LogP contribution in [0.4, 0.5) is 0 Å². The highest BCUT2D eigenvalue weighted by Crippen LogP contribution is 2.38. The summed E-state index contributed by atoms with van der Waals surface area (Å²) in [5, 5.41) is 12.5. The lowest BCUT2D eigenvalue weighted by Crippen LogP contribution is -2.20. The van der Waals surface area contributed by atoms with E-state index < -0.39 is 0 Å². The van der Waals surface area contributed by atoms with E-state index in [1.165, 1.54) is 11.1 Å². The molecule has 0 aliphatic heterocycles. The number of rotatable bonds is 2. The van der Waals surface area contributed by atoms with Gasteiger partial charge in [-0.25, -0.2) is 0 Å². The van der Waals surface area contributed by atoms with Crippen LogP contribution in [-0.2, 0) is 12.8 Å². The van der Waals surface area contributed by atoms with Gasteiger partial charge in [-0.2, -0.15) is 0 Å². The molecule has 1 nitrogen and oxygen atoms in total. The van der Waals surface area contributed by atoms with Gasteiger partial charge in [0.1, 0.15) is 0 Å². The quantitative estimate of drug-likeness (QED) is 0.871. The van der Waals surface area contributed by atoms with Crippen LogP contribution in [0.25, 0.3) is 0 Å². The van der Waals surface area contributed by atoms with Crippen LogP contribution in [0.5, 0.6) is 0 Å². The highest BCUT2D eigenvalue weighted by molar-refractivity contribution is 9.10. The Morgan fingerprint density at radius 1 is 1.22 bits per heavy atom. The van der Waals surface area contributed by atoms with E-state index in [2.05, 4.69) is 40.2 Å². The summed E-state index contributed by atoms with van der Waals surface area (Å²) in [6, 6.07) is 10.6. The highest BCUT2D eigenvalue weighted by Gasteiger charge is 2.27. The molecule has 0 bridgehead atoms. The SMILES string of the molecule is OC(c1sccc1Br)C1CCc2ccccc2C1. The van der Waals surface area contributed by atoms with E-state index in [9.17, 15) is 5.11 Å². The van der Waals surface area contributed by atoms with E-state index in [0.29, 0.717) is 5.92 Å². The number of aryl methyl sites for hydroxylation is 1. The maximum absolute atomic E-state index is 10.5. The first-order valence-corrected chi connectivity index (χ1v) is 7.90. The van der Waals surface area contributed by atoms with Gasteiger partial charge in [0, 0.05) is 9.35 Å². The number of thiophene rings is 1. The van der Waals surface area contributed by atoms with Crippen molar-refractivity contribution in [3.05, 3.63) is 56.2 Å². The molecule has 1 aromatic heterocycles. The van der Waals surface area contributed by atoms with Crippen molar-refractivity contribution in [3.8, 4) is 0 Å². The Balaban J connectivity index is 1.82. The molecule has 3 rings (SSSR count). The summed E-state index contributed by atoms with van der Waals surface area (Å²) in [6.45, 7) is 0. The lowest BCUT2D eigenvalue weighted by molar-refractivity contribution is 0.102. The van der Waals surface area contributed by atoms with Crippen LogP contribution in [0.3, 0.4) is 0 Å². The van der Waals surface area contributed by atoms with Crippen LogP contribution in [0, 0.1) is 5.92 Å².